The zero-order valence-electron chi connectivity index (χ0n) is 9.24. The van der Waals surface area contributed by atoms with Crippen molar-refractivity contribution >= 4 is 0 Å². The monoisotopic (exact) mass is 206 g/mol. The molecule has 0 heterocycles. The van der Waals surface area contributed by atoms with Gasteiger partial charge in [0.25, 0.3) is 0 Å². The smallest absolute Gasteiger partial charge is 0.0104 e. The van der Waals surface area contributed by atoms with Gasteiger partial charge in [-0.3, -0.25) is 0 Å². The third-order valence-electron chi connectivity index (χ3n) is 4.11. The molecule has 2 aromatic rings. The lowest BCUT2D eigenvalue weighted by atomic mass is 9.82. The van der Waals surface area contributed by atoms with Crippen LogP contribution in [0.1, 0.15) is 35.4 Å². The van der Waals surface area contributed by atoms with Gasteiger partial charge in [0.1, 0.15) is 0 Å². The molecule has 16 heavy (non-hydrogen) atoms. The first-order valence-electron chi connectivity index (χ1n) is 6.16. The van der Waals surface area contributed by atoms with Gasteiger partial charge in [-0.05, 0) is 47.1 Å². The first-order chi connectivity index (χ1) is 7.95. The van der Waals surface area contributed by atoms with E-state index in [-0.39, 0.29) is 0 Å². The molecule has 4 rings (SSSR count). The molecule has 0 nitrogen and oxygen atoms in total. The van der Waals surface area contributed by atoms with Crippen LogP contribution in [-0.2, 0) is 6.42 Å². The molecule has 1 atom stereocenters. The highest BCUT2D eigenvalue weighted by atomic mass is 14.4. The van der Waals surface area contributed by atoms with Crippen molar-refractivity contribution in [2.45, 2.75) is 25.2 Å². The zero-order valence-corrected chi connectivity index (χ0v) is 9.24. The van der Waals surface area contributed by atoms with Crippen molar-refractivity contribution in [1.82, 2.24) is 0 Å². The molecule has 78 valence electrons. The summed E-state index contributed by atoms with van der Waals surface area (Å²) in [6, 6.07) is 15.8. The van der Waals surface area contributed by atoms with Gasteiger partial charge >= 0.3 is 0 Å². The van der Waals surface area contributed by atoms with Crippen LogP contribution >= 0.6 is 0 Å². The van der Waals surface area contributed by atoms with Crippen molar-refractivity contribution in [1.29, 1.82) is 0 Å². The van der Waals surface area contributed by atoms with E-state index in [1.165, 1.54) is 30.4 Å². The highest BCUT2D eigenvalue weighted by Crippen LogP contribution is 2.50. The molecule has 0 fully saturated rings. The molecule has 0 aliphatic heterocycles. The SMILES string of the molecule is c1ccc2c(c1)-c1cccc3c1[C@@H]2CCC3. The van der Waals surface area contributed by atoms with Gasteiger partial charge < -0.3 is 0 Å². The van der Waals surface area contributed by atoms with Crippen molar-refractivity contribution < 1.29 is 0 Å². The molecule has 0 N–H and O–H groups in total. The summed E-state index contributed by atoms with van der Waals surface area (Å²) >= 11 is 0. The Morgan fingerprint density at radius 3 is 2.75 bits per heavy atom. The van der Waals surface area contributed by atoms with E-state index in [1.807, 2.05) is 0 Å². The van der Waals surface area contributed by atoms with Crippen molar-refractivity contribution in [3.8, 4) is 11.1 Å². The maximum Gasteiger partial charge on any atom is 0.0104 e. The average molecular weight is 206 g/mol. The Kier molecular flexibility index (Phi) is 1.59. The number of aryl methyl sites for hydroxylation is 1. The first-order valence-corrected chi connectivity index (χ1v) is 6.16. The van der Waals surface area contributed by atoms with Crippen LogP contribution in [0.15, 0.2) is 42.5 Å². The van der Waals surface area contributed by atoms with Crippen molar-refractivity contribution in [2.75, 3.05) is 0 Å². The third-order valence-corrected chi connectivity index (χ3v) is 4.11. The van der Waals surface area contributed by atoms with Crippen LogP contribution in [0.5, 0.6) is 0 Å². The van der Waals surface area contributed by atoms with Crippen LogP contribution in [0.2, 0.25) is 0 Å². The lowest BCUT2D eigenvalue weighted by Crippen LogP contribution is -2.07. The van der Waals surface area contributed by atoms with Gasteiger partial charge in [0.05, 0.1) is 0 Å². The normalized spacial score (nSPS) is 20.4. The van der Waals surface area contributed by atoms with Crippen LogP contribution in [0, 0.1) is 0 Å². The molecule has 2 aromatic carbocycles. The molecule has 0 bridgehead atoms. The topological polar surface area (TPSA) is 0 Å². The average Bonchev–Trinajstić information content (AvgIpc) is 2.68. The van der Waals surface area contributed by atoms with Gasteiger partial charge in [-0.25, -0.2) is 0 Å². The summed E-state index contributed by atoms with van der Waals surface area (Å²) < 4.78 is 0. The largest absolute Gasteiger partial charge is 0.0619 e. The predicted octanol–water partition coefficient (Wildman–Crippen LogP) is 4.14. The van der Waals surface area contributed by atoms with E-state index in [0.29, 0.717) is 5.92 Å². The van der Waals surface area contributed by atoms with Gasteiger partial charge in [0.15, 0.2) is 0 Å². The lowest BCUT2D eigenvalue weighted by molar-refractivity contribution is 0.627. The van der Waals surface area contributed by atoms with Crippen LogP contribution in [0.4, 0.5) is 0 Å². The molecule has 0 spiro atoms. The third kappa shape index (κ3) is 0.948. The summed E-state index contributed by atoms with van der Waals surface area (Å²) in [5.74, 6) is 0.691. The standard InChI is InChI=1S/C16H14/c1-2-8-13-12(7-1)14-9-3-5-11-6-4-10-15(13)16(11)14/h1-3,5,7-9,15H,4,6,10H2/t15-/m1/s1. The number of benzene rings is 2. The van der Waals surface area contributed by atoms with E-state index in [1.54, 1.807) is 16.7 Å². The highest BCUT2D eigenvalue weighted by Gasteiger charge is 2.32. The van der Waals surface area contributed by atoms with E-state index in [9.17, 15) is 0 Å². The van der Waals surface area contributed by atoms with Crippen LogP contribution in [0.3, 0.4) is 0 Å². The van der Waals surface area contributed by atoms with Crippen molar-refractivity contribution in [3.63, 3.8) is 0 Å². The maximum atomic E-state index is 2.32. The van der Waals surface area contributed by atoms with E-state index in [2.05, 4.69) is 42.5 Å². The van der Waals surface area contributed by atoms with Gasteiger partial charge in [0, 0.05) is 5.92 Å². The molecule has 0 radical (unpaired) electrons. The lowest BCUT2D eigenvalue weighted by Gasteiger charge is -2.22. The fourth-order valence-corrected chi connectivity index (χ4v) is 3.48. The molecule has 0 amide bonds. The first kappa shape index (κ1) is 8.58. The van der Waals surface area contributed by atoms with Gasteiger partial charge in [-0.15, -0.1) is 0 Å². The van der Waals surface area contributed by atoms with Crippen LogP contribution in [0.25, 0.3) is 11.1 Å². The Bertz CT molecular complexity index is 566. The summed E-state index contributed by atoms with van der Waals surface area (Å²) in [6.45, 7) is 0. The highest BCUT2D eigenvalue weighted by molar-refractivity contribution is 5.80. The Balaban J connectivity index is 2.10. The van der Waals surface area contributed by atoms with Crippen LogP contribution < -0.4 is 0 Å². The predicted molar refractivity (Wildman–Crippen MR) is 66.7 cm³/mol. The number of hydrogen-bond donors (Lipinski definition) is 0. The zero-order chi connectivity index (χ0) is 10.5. The molecular formula is C16H14. The molecule has 0 saturated heterocycles. The summed E-state index contributed by atoms with van der Waals surface area (Å²) in [5, 5.41) is 0. The Hall–Kier alpha value is -1.56. The Morgan fingerprint density at radius 1 is 0.875 bits per heavy atom. The minimum absolute atomic E-state index is 0.691. The number of fused-ring (bicyclic) bond motifs is 3. The molecule has 2 aliphatic rings. The second-order valence-corrected chi connectivity index (χ2v) is 4.91. The maximum absolute atomic E-state index is 2.32. The molecular weight excluding hydrogens is 192 g/mol. The summed E-state index contributed by atoms with van der Waals surface area (Å²) in [6.07, 6.45) is 3.95. The second-order valence-electron chi connectivity index (χ2n) is 4.91. The minimum Gasteiger partial charge on any atom is -0.0619 e. The van der Waals surface area contributed by atoms with Gasteiger partial charge in [-0.1, -0.05) is 42.5 Å². The van der Waals surface area contributed by atoms with Crippen LogP contribution in [-0.4, -0.2) is 0 Å². The molecule has 2 aliphatic carbocycles. The van der Waals surface area contributed by atoms with Crippen molar-refractivity contribution in [2.24, 2.45) is 0 Å². The summed E-state index contributed by atoms with van der Waals surface area (Å²) in [7, 11) is 0. The molecule has 0 unspecified atom stereocenters. The van der Waals surface area contributed by atoms with E-state index < -0.39 is 0 Å². The van der Waals surface area contributed by atoms with Gasteiger partial charge in [0.2, 0.25) is 0 Å². The quantitative estimate of drug-likeness (QED) is 0.608. The van der Waals surface area contributed by atoms with E-state index in [0.717, 1.165) is 0 Å². The van der Waals surface area contributed by atoms with Crippen molar-refractivity contribution in [3.05, 3.63) is 59.2 Å². The summed E-state index contributed by atoms with van der Waals surface area (Å²) in [4.78, 5) is 0. The minimum atomic E-state index is 0.691. The molecule has 0 heteroatoms. The van der Waals surface area contributed by atoms with E-state index in [4.69, 9.17) is 0 Å². The number of hydrogen-bond acceptors (Lipinski definition) is 0. The molecule has 0 aromatic heterocycles. The Morgan fingerprint density at radius 2 is 1.75 bits per heavy atom. The molecule has 0 saturated carbocycles. The fourth-order valence-electron chi connectivity index (χ4n) is 3.48. The summed E-state index contributed by atoms with van der Waals surface area (Å²) in [5.41, 5.74) is 7.76. The van der Waals surface area contributed by atoms with E-state index >= 15 is 0 Å². The Labute approximate surface area is 95.9 Å². The number of rotatable bonds is 0. The van der Waals surface area contributed by atoms with Gasteiger partial charge in [-0.2, -0.15) is 0 Å². The second kappa shape index (κ2) is 2.98. The fraction of sp³-hybridized carbons (Fsp3) is 0.250.